The number of nitrogens with zero attached hydrogens (tertiary/aromatic N) is 2. The van der Waals surface area contributed by atoms with E-state index < -0.39 is 11.0 Å². The Morgan fingerprint density at radius 1 is 0.704 bits per heavy atom. The molecule has 0 atom stereocenters. The van der Waals surface area contributed by atoms with Gasteiger partial charge in [-0.1, -0.05) is 51.1 Å². The largest absolute Gasteiger partial charge is 0.493 e. The first-order valence-electron chi connectivity index (χ1n) is 19.1. The van der Waals surface area contributed by atoms with Crippen molar-refractivity contribution in [1.82, 2.24) is 0 Å². The van der Waals surface area contributed by atoms with Gasteiger partial charge in [-0.25, -0.2) is 4.39 Å². The van der Waals surface area contributed by atoms with E-state index in [1.807, 2.05) is 12.1 Å². The minimum absolute atomic E-state index is 0.229. The van der Waals surface area contributed by atoms with Crippen LogP contribution in [-0.2, 0) is 26.9 Å². The predicted molar refractivity (Wildman–Crippen MR) is 213 cm³/mol. The fourth-order valence-corrected chi connectivity index (χ4v) is 9.36. The number of ether oxygens (including phenoxy) is 5. The van der Waals surface area contributed by atoms with Crippen LogP contribution in [0.2, 0.25) is 0 Å². The second-order valence-electron chi connectivity index (χ2n) is 15.2. The van der Waals surface area contributed by atoms with Crippen LogP contribution < -0.4 is 24.0 Å². The molecule has 7 nitrogen and oxygen atoms in total. The molecule has 5 aromatic rings. The molecule has 0 aromatic heterocycles. The molecule has 0 N–H and O–H groups in total. The Balaban J connectivity index is 1.28. The Morgan fingerprint density at radius 3 is 1.76 bits per heavy atom. The number of hydrogen-bond donors (Lipinski definition) is 0. The van der Waals surface area contributed by atoms with Crippen molar-refractivity contribution in [1.29, 1.82) is 0 Å². The maximum atomic E-state index is 15.4. The number of rotatable bonds is 7. The van der Waals surface area contributed by atoms with Crippen molar-refractivity contribution >= 4 is 28.2 Å². The average Bonchev–Trinajstić information content (AvgIpc) is 3.46. The Labute approximate surface area is 316 Å². The molecule has 0 radical (unpaired) electrons. The van der Waals surface area contributed by atoms with Crippen LogP contribution >= 0.6 is 0 Å². The number of benzene rings is 5. The van der Waals surface area contributed by atoms with Crippen molar-refractivity contribution in [3.63, 3.8) is 0 Å². The minimum Gasteiger partial charge on any atom is -0.493 e. The molecule has 54 heavy (non-hydrogen) atoms. The highest BCUT2D eigenvalue weighted by Crippen LogP contribution is 2.60. The normalized spacial score (nSPS) is 18.2. The zero-order valence-corrected chi connectivity index (χ0v) is 31.8. The van der Waals surface area contributed by atoms with Crippen LogP contribution in [0.15, 0.2) is 78.9 Å². The van der Waals surface area contributed by atoms with Crippen LogP contribution in [0.25, 0.3) is 28.0 Å². The third-order valence-electron chi connectivity index (χ3n) is 12.0. The summed E-state index contributed by atoms with van der Waals surface area (Å²) in [7, 11) is 3.31. The molecule has 8 heteroatoms. The quantitative estimate of drug-likeness (QED) is 0.166. The lowest BCUT2D eigenvalue weighted by atomic mass is 9.75. The number of fused-ring (bicyclic) bond motifs is 8. The molecule has 0 saturated carbocycles. The van der Waals surface area contributed by atoms with Crippen molar-refractivity contribution in [2.75, 3.05) is 76.6 Å². The van der Waals surface area contributed by atoms with Gasteiger partial charge in [0.2, 0.25) is 0 Å². The van der Waals surface area contributed by atoms with Crippen molar-refractivity contribution in [3.8, 4) is 28.4 Å². The van der Waals surface area contributed by atoms with Gasteiger partial charge < -0.3 is 33.5 Å². The molecule has 0 amide bonds. The van der Waals surface area contributed by atoms with E-state index in [1.54, 1.807) is 26.4 Å². The summed E-state index contributed by atoms with van der Waals surface area (Å²) in [4.78, 5) is 4.74. The molecule has 9 rings (SSSR count). The number of morpholine rings is 2. The number of hydrogen-bond acceptors (Lipinski definition) is 7. The maximum Gasteiger partial charge on any atom is 0.178 e. The summed E-state index contributed by atoms with van der Waals surface area (Å²) in [5.74, 6) is 1.75. The molecule has 2 fully saturated rings. The second-order valence-corrected chi connectivity index (χ2v) is 15.2. The van der Waals surface area contributed by atoms with Crippen molar-refractivity contribution in [3.05, 3.63) is 118 Å². The summed E-state index contributed by atoms with van der Waals surface area (Å²) in [6.45, 7) is 13.0. The lowest BCUT2D eigenvalue weighted by molar-refractivity contribution is 0.122. The van der Waals surface area contributed by atoms with Gasteiger partial charge in [0.25, 0.3) is 0 Å². The van der Waals surface area contributed by atoms with E-state index in [0.717, 1.165) is 120 Å². The van der Waals surface area contributed by atoms with Gasteiger partial charge in [-0.2, -0.15) is 0 Å². The molecule has 3 aliphatic heterocycles. The molecule has 0 bridgehead atoms. The van der Waals surface area contributed by atoms with Gasteiger partial charge >= 0.3 is 0 Å². The van der Waals surface area contributed by atoms with Gasteiger partial charge in [0.15, 0.2) is 17.1 Å². The van der Waals surface area contributed by atoms with E-state index in [1.165, 1.54) is 11.4 Å². The standard InChI is InChI=1S/C46H47FN2O5/c1-6-29-25-32(47)26-38-41-36-27-39(50-4)40(51-5)28-37(36)44-35(43(41)45(2,3)42(29)38)15-16-46(54-44,30-7-11-33(12-8-30)48-17-21-52-22-18-48)31-9-13-34(14-10-31)49-19-23-53-24-20-49/h7-16,25-28H,6,17-24H2,1-5H3. The maximum absolute atomic E-state index is 15.4. The van der Waals surface area contributed by atoms with Gasteiger partial charge in [-0.05, 0) is 94.2 Å². The highest BCUT2D eigenvalue weighted by molar-refractivity contribution is 6.09. The van der Waals surface area contributed by atoms with E-state index in [4.69, 9.17) is 23.7 Å². The zero-order valence-electron chi connectivity index (χ0n) is 31.8. The number of halogens is 1. The van der Waals surface area contributed by atoms with E-state index >= 15 is 4.39 Å². The summed E-state index contributed by atoms with van der Waals surface area (Å²) < 4.78 is 46.1. The number of methoxy groups -OCH3 is 2. The number of aryl methyl sites for hydroxylation is 1. The average molecular weight is 727 g/mol. The smallest absolute Gasteiger partial charge is 0.178 e. The van der Waals surface area contributed by atoms with Crippen LogP contribution in [0.1, 0.15) is 54.2 Å². The van der Waals surface area contributed by atoms with Gasteiger partial charge in [0.05, 0.1) is 40.6 Å². The van der Waals surface area contributed by atoms with Crippen LogP contribution in [0.5, 0.6) is 17.2 Å². The van der Waals surface area contributed by atoms with Gasteiger partial charge in [0.1, 0.15) is 11.6 Å². The van der Waals surface area contributed by atoms with Crippen LogP contribution in [0, 0.1) is 5.82 Å². The molecular weight excluding hydrogens is 680 g/mol. The lowest BCUT2D eigenvalue weighted by Crippen LogP contribution is -2.37. The summed E-state index contributed by atoms with van der Waals surface area (Å²) >= 11 is 0. The molecule has 1 aliphatic carbocycles. The molecule has 4 aliphatic rings. The Kier molecular flexibility index (Phi) is 8.58. The predicted octanol–water partition coefficient (Wildman–Crippen LogP) is 8.89. The second kappa shape index (κ2) is 13.4. The van der Waals surface area contributed by atoms with Gasteiger partial charge in [0, 0.05) is 65.0 Å². The van der Waals surface area contributed by atoms with Crippen LogP contribution in [0.4, 0.5) is 15.8 Å². The fourth-order valence-electron chi connectivity index (χ4n) is 9.36. The Hall–Kier alpha value is -5.05. The zero-order chi connectivity index (χ0) is 37.2. The summed E-state index contributed by atoms with van der Waals surface area (Å²) in [6, 6.07) is 25.1. The molecular formula is C46H47FN2O5. The monoisotopic (exact) mass is 726 g/mol. The van der Waals surface area contributed by atoms with Gasteiger partial charge in [-0.3, -0.25) is 0 Å². The van der Waals surface area contributed by atoms with E-state index in [0.29, 0.717) is 11.5 Å². The van der Waals surface area contributed by atoms with E-state index in [2.05, 4.69) is 91.3 Å². The first kappa shape index (κ1) is 34.7. The highest BCUT2D eigenvalue weighted by atomic mass is 19.1. The third-order valence-corrected chi connectivity index (χ3v) is 12.0. The Morgan fingerprint density at radius 2 is 1.24 bits per heavy atom. The first-order valence-corrected chi connectivity index (χ1v) is 19.1. The van der Waals surface area contributed by atoms with E-state index in [-0.39, 0.29) is 5.82 Å². The van der Waals surface area contributed by atoms with Crippen LogP contribution in [-0.4, -0.2) is 66.8 Å². The SMILES string of the molecule is CCc1cc(F)cc2c1C(C)(C)c1c3c(c4cc(OC)c(OC)cc4c1-2)OC(c1ccc(N2CCOCC2)cc1)(c1ccc(N2CCOCC2)cc1)C=C3. The fraction of sp³-hybridized carbons (Fsp3) is 0.348. The molecule has 2 saturated heterocycles. The molecule has 5 aromatic carbocycles. The molecule has 3 heterocycles. The van der Waals surface area contributed by atoms with Crippen molar-refractivity contribution in [2.24, 2.45) is 0 Å². The molecule has 0 spiro atoms. The first-order chi connectivity index (χ1) is 26.3. The third kappa shape index (κ3) is 5.36. The van der Waals surface area contributed by atoms with Crippen molar-refractivity contribution < 1.29 is 28.1 Å². The summed E-state index contributed by atoms with van der Waals surface area (Å²) in [6.07, 6.45) is 5.19. The topological polar surface area (TPSA) is 52.6 Å². The minimum atomic E-state index is -0.954. The lowest BCUT2D eigenvalue weighted by Gasteiger charge is -2.39. The van der Waals surface area contributed by atoms with Crippen molar-refractivity contribution in [2.45, 2.75) is 38.2 Å². The molecule has 0 unspecified atom stereocenters. The van der Waals surface area contributed by atoms with Gasteiger partial charge in [-0.15, -0.1) is 0 Å². The number of anilines is 2. The summed E-state index contributed by atoms with van der Waals surface area (Å²) in [5.41, 5.74) is 9.24. The van der Waals surface area contributed by atoms with E-state index in [9.17, 15) is 0 Å². The Bertz CT molecular complexity index is 2210. The molecule has 278 valence electrons. The summed E-state index contributed by atoms with van der Waals surface area (Å²) in [5, 5.41) is 1.83. The van der Waals surface area contributed by atoms with Crippen LogP contribution in [0.3, 0.4) is 0 Å². The highest BCUT2D eigenvalue weighted by Gasteiger charge is 2.45.